The fourth-order valence-corrected chi connectivity index (χ4v) is 3.41. The number of nitrogens with one attached hydrogen (secondary N) is 1. The molecule has 3 rings (SSSR count). The van der Waals surface area contributed by atoms with Crippen molar-refractivity contribution >= 4 is 46.4 Å². The first-order valence-corrected chi connectivity index (χ1v) is 10.3. The van der Waals surface area contributed by atoms with E-state index in [9.17, 15) is 10.1 Å². The lowest BCUT2D eigenvalue weighted by molar-refractivity contribution is -0.118. The molecule has 0 saturated heterocycles. The van der Waals surface area contributed by atoms with Gasteiger partial charge in [-0.1, -0.05) is 47.5 Å². The van der Waals surface area contributed by atoms with Crippen LogP contribution in [0.25, 0.3) is 11.6 Å². The van der Waals surface area contributed by atoms with Gasteiger partial charge in [-0.15, -0.1) is 0 Å². The molecule has 0 radical (unpaired) electrons. The maximum absolute atomic E-state index is 12.2. The monoisotopic (exact) mass is 450 g/mol. The van der Waals surface area contributed by atoms with Crippen LogP contribution in [-0.2, 0) is 4.79 Å². The van der Waals surface area contributed by atoms with Crippen molar-refractivity contribution < 1.29 is 9.53 Å². The molecule has 3 aromatic rings. The van der Waals surface area contributed by atoms with E-state index in [1.165, 1.54) is 0 Å². The number of hydrogen-bond acceptors (Lipinski definition) is 3. The highest BCUT2D eigenvalue weighted by atomic mass is 35.5. The fourth-order valence-electron chi connectivity index (χ4n) is 2.90. The number of hydrogen-bond donors (Lipinski definition) is 1. The SMILES string of the molecule is Cc1ccc(NC(=O)COc2cccc(/C=C(/C#N)c3ccc(Cl)cc3Cl)c2)cc1C. The minimum atomic E-state index is -0.255. The molecular formula is C25H20Cl2N2O2. The van der Waals surface area contributed by atoms with Gasteiger partial charge < -0.3 is 10.1 Å². The van der Waals surface area contributed by atoms with Gasteiger partial charge in [0.05, 0.1) is 16.7 Å². The number of rotatable bonds is 6. The summed E-state index contributed by atoms with van der Waals surface area (Å²) < 4.78 is 5.63. The van der Waals surface area contributed by atoms with Gasteiger partial charge in [0.2, 0.25) is 0 Å². The van der Waals surface area contributed by atoms with Gasteiger partial charge in [-0.05, 0) is 73.0 Å². The minimum Gasteiger partial charge on any atom is -0.484 e. The number of allylic oxidation sites excluding steroid dienone is 1. The molecule has 0 aliphatic carbocycles. The molecule has 31 heavy (non-hydrogen) atoms. The van der Waals surface area contributed by atoms with Gasteiger partial charge in [0.1, 0.15) is 5.75 Å². The maximum Gasteiger partial charge on any atom is 0.262 e. The van der Waals surface area contributed by atoms with Crippen LogP contribution in [0.5, 0.6) is 5.75 Å². The van der Waals surface area contributed by atoms with Gasteiger partial charge in [-0.2, -0.15) is 5.26 Å². The van der Waals surface area contributed by atoms with Crippen LogP contribution in [0.4, 0.5) is 5.69 Å². The third-order valence-corrected chi connectivity index (χ3v) is 5.22. The van der Waals surface area contributed by atoms with E-state index in [2.05, 4.69) is 11.4 Å². The van der Waals surface area contributed by atoms with Crippen LogP contribution < -0.4 is 10.1 Å². The van der Waals surface area contributed by atoms with E-state index in [1.807, 2.05) is 38.1 Å². The third-order valence-electron chi connectivity index (χ3n) is 4.67. The number of ether oxygens (including phenoxy) is 1. The smallest absolute Gasteiger partial charge is 0.262 e. The van der Waals surface area contributed by atoms with Crippen molar-refractivity contribution in [2.24, 2.45) is 0 Å². The van der Waals surface area contributed by atoms with Gasteiger partial charge in [-0.25, -0.2) is 0 Å². The summed E-state index contributed by atoms with van der Waals surface area (Å²) in [6.07, 6.45) is 1.71. The summed E-state index contributed by atoms with van der Waals surface area (Å²) in [6.45, 7) is 3.88. The molecule has 6 heteroatoms. The molecule has 0 saturated carbocycles. The number of halogens is 2. The first-order valence-electron chi connectivity index (χ1n) is 9.53. The van der Waals surface area contributed by atoms with Crippen LogP contribution in [0.15, 0.2) is 60.7 Å². The summed E-state index contributed by atoms with van der Waals surface area (Å²) in [4.78, 5) is 12.2. The second-order valence-corrected chi connectivity index (χ2v) is 7.85. The van der Waals surface area contributed by atoms with Gasteiger partial charge in [0, 0.05) is 16.3 Å². The highest BCUT2D eigenvalue weighted by Gasteiger charge is 2.08. The van der Waals surface area contributed by atoms with Crippen LogP contribution in [0.2, 0.25) is 10.0 Å². The van der Waals surface area contributed by atoms with Crippen LogP contribution in [0.1, 0.15) is 22.3 Å². The van der Waals surface area contributed by atoms with Crippen molar-refractivity contribution in [3.8, 4) is 11.8 Å². The summed E-state index contributed by atoms with van der Waals surface area (Å²) in [5, 5.41) is 13.3. The number of amides is 1. The molecule has 0 spiro atoms. The molecule has 156 valence electrons. The van der Waals surface area contributed by atoms with E-state index >= 15 is 0 Å². The highest BCUT2D eigenvalue weighted by molar-refractivity contribution is 6.36. The van der Waals surface area contributed by atoms with Crippen LogP contribution in [-0.4, -0.2) is 12.5 Å². The Morgan fingerprint density at radius 1 is 1.06 bits per heavy atom. The molecular weight excluding hydrogens is 431 g/mol. The lowest BCUT2D eigenvalue weighted by atomic mass is 10.0. The quantitative estimate of drug-likeness (QED) is 0.335. The molecule has 0 atom stereocenters. The van der Waals surface area contributed by atoms with Crippen molar-refractivity contribution in [1.29, 1.82) is 5.26 Å². The molecule has 0 fully saturated rings. The molecule has 0 aliphatic heterocycles. The van der Waals surface area contributed by atoms with Gasteiger partial charge in [-0.3, -0.25) is 4.79 Å². The fraction of sp³-hybridized carbons (Fsp3) is 0.120. The number of aryl methyl sites for hydroxylation is 2. The first-order chi connectivity index (χ1) is 14.9. The number of carbonyl (C=O) groups excluding carboxylic acids is 1. The topological polar surface area (TPSA) is 62.1 Å². The van der Waals surface area contributed by atoms with Gasteiger partial charge in [0.25, 0.3) is 5.91 Å². The van der Waals surface area contributed by atoms with E-state index < -0.39 is 0 Å². The summed E-state index contributed by atoms with van der Waals surface area (Å²) in [6, 6.07) is 20.0. The normalized spacial score (nSPS) is 11.0. The third kappa shape index (κ3) is 6.11. The van der Waals surface area contributed by atoms with E-state index in [4.69, 9.17) is 27.9 Å². The standard InChI is InChI=1S/C25H20Cl2N2O2/c1-16-6-8-21(10-17(16)2)29-25(30)15-31-22-5-3-4-18(12-22)11-19(14-28)23-9-7-20(26)13-24(23)27/h3-13H,15H2,1-2H3,(H,29,30)/b19-11-. The van der Waals surface area contributed by atoms with Crippen LogP contribution in [0, 0.1) is 25.2 Å². The lowest BCUT2D eigenvalue weighted by Crippen LogP contribution is -2.20. The summed E-state index contributed by atoms with van der Waals surface area (Å²) >= 11 is 12.2. The Morgan fingerprint density at radius 3 is 2.58 bits per heavy atom. The van der Waals surface area contributed by atoms with Gasteiger partial charge >= 0.3 is 0 Å². The number of benzene rings is 3. The summed E-state index contributed by atoms with van der Waals surface area (Å²) in [5.74, 6) is 0.262. The van der Waals surface area contributed by atoms with Crippen molar-refractivity contribution in [3.63, 3.8) is 0 Å². The molecule has 4 nitrogen and oxygen atoms in total. The molecule has 0 aliphatic rings. The number of carbonyl (C=O) groups is 1. The zero-order chi connectivity index (χ0) is 22.4. The van der Waals surface area contributed by atoms with Crippen molar-refractivity contribution in [3.05, 3.63) is 93.0 Å². The van der Waals surface area contributed by atoms with Crippen molar-refractivity contribution in [1.82, 2.24) is 0 Å². The molecule has 3 aromatic carbocycles. The molecule has 0 bridgehead atoms. The van der Waals surface area contributed by atoms with Gasteiger partial charge in [0.15, 0.2) is 6.61 Å². The molecule has 0 unspecified atom stereocenters. The van der Waals surface area contributed by atoms with Crippen LogP contribution >= 0.6 is 23.2 Å². The van der Waals surface area contributed by atoms with E-state index in [0.29, 0.717) is 26.9 Å². The second kappa shape index (κ2) is 10.2. The first kappa shape index (κ1) is 22.4. The Hall–Kier alpha value is -3.26. The predicted octanol–water partition coefficient (Wildman–Crippen LogP) is 6.69. The second-order valence-electron chi connectivity index (χ2n) is 7.00. The summed E-state index contributed by atoms with van der Waals surface area (Å²) in [5.41, 5.74) is 4.73. The Kier molecular flexibility index (Phi) is 7.36. The Labute approximate surface area is 191 Å². The minimum absolute atomic E-state index is 0.131. The number of anilines is 1. The van der Waals surface area contributed by atoms with E-state index in [1.54, 1.807) is 42.5 Å². The summed E-state index contributed by atoms with van der Waals surface area (Å²) in [7, 11) is 0. The number of nitrogens with zero attached hydrogens (tertiary/aromatic N) is 1. The molecule has 0 heterocycles. The Bertz CT molecular complexity index is 1200. The highest BCUT2D eigenvalue weighted by Crippen LogP contribution is 2.28. The Morgan fingerprint density at radius 2 is 1.87 bits per heavy atom. The molecule has 1 N–H and O–H groups in total. The zero-order valence-electron chi connectivity index (χ0n) is 17.1. The predicted molar refractivity (Wildman–Crippen MR) is 126 cm³/mol. The van der Waals surface area contributed by atoms with Crippen molar-refractivity contribution in [2.75, 3.05) is 11.9 Å². The average Bonchev–Trinajstić information content (AvgIpc) is 2.74. The lowest BCUT2D eigenvalue weighted by Gasteiger charge is -2.10. The molecule has 1 amide bonds. The van der Waals surface area contributed by atoms with Crippen molar-refractivity contribution in [2.45, 2.75) is 13.8 Å². The van der Waals surface area contributed by atoms with E-state index in [-0.39, 0.29) is 12.5 Å². The van der Waals surface area contributed by atoms with E-state index in [0.717, 1.165) is 22.4 Å². The number of nitriles is 1. The largest absolute Gasteiger partial charge is 0.484 e. The zero-order valence-corrected chi connectivity index (χ0v) is 18.6. The Balaban J connectivity index is 1.69. The molecule has 0 aromatic heterocycles. The van der Waals surface area contributed by atoms with Crippen LogP contribution in [0.3, 0.4) is 0 Å². The maximum atomic E-state index is 12.2. The average molecular weight is 451 g/mol.